The summed E-state index contributed by atoms with van der Waals surface area (Å²) >= 11 is 0. The fourth-order valence-corrected chi connectivity index (χ4v) is 10.6. The van der Waals surface area contributed by atoms with Crippen LogP contribution in [0, 0.1) is 0 Å². The first-order valence-corrected chi connectivity index (χ1v) is 35.9. The van der Waals surface area contributed by atoms with Gasteiger partial charge >= 0.3 is 17.9 Å². The Kier molecular flexibility index (Phi) is 67.6. The summed E-state index contributed by atoms with van der Waals surface area (Å²) in [6.07, 6.45) is 92.1. The summed E-state index contributed by atoms with van der Waals surface area (Å²) in [7, 11) is 0. The minimum atomic E-state index is -0.778. The molecule has 0 aromatic heterocycles. The average Bonchev–Trinajstić information content (AvgIpc) is 3.47. The summed E-state index contributed by atoms with van der Waals surface area (Å²) in [5.74, 6) is -0.858. The van der Waals surface area contributed by atoms with Gasteiger partial charge in [-0.05, 0) is 89.9 Å². The van der Waals surface area contributed by atoms with Gasteiger partial charge in [-0.15, -0.1) is 0 Å². The van der Waals surface area contributed by atoms with Crippen molar-refractivity contribution in [3.05, 3.63) is 72.9 Å². The molecule has 82 heavy (non-hydrogen) atoms. The monoisotopic (exact) mass is 1150 g/mol. The minimum absolute atomic E-state index is 0.0738. The Morgan fingerprint density at radius 3 is 0.756 bits per heavy atom. The molecule has 6 heteroatoms. The molecule has 0 N–H and O–H groups in total. The summed E-state index contributed by atoms with van der Waals surface area (Å²) in [5, 5.41) is 0. The molecule has 0 aliphatic heterocycles. The van der Waals surface area contributed by atoms with E-state index in [1.54, 1.807) is 0 Å². The standard InChI is InChI=1S/C76H136O6/c1-4-7-10-13-16-19-22-25-28-30-32-34-35-36-37-38-39-40-41-42-44-45-48-51-54-57-60-63-66-69-75(78)81-72-73(71-80-74(77)68-65-62-59-56-53-50-47-27-24-21-18-15-12-9-6-3)82-76(79)70-67-64-61-58-55-52-49-46-43-33-31-29-26-23-20-17-14-11-8-5-2/h7,10,16,19,25,27-28,32,34,36-37,47,73H,4-6,8-9,11-15,17-18,20-24,26,29-31,33,35,38-46,48-72H2,1-3H3/b10-7-,19-16-,28-25-,34-32-,37-36-,47-27-. The van der Waals surface area contributed by atoms with Crippen LogP contribution in [0.25, 0.3) is 0 Å². The molecule has 0 aromatic rings. The van der Waals surface area contributed by atoms with Gasteiger partial charge in [0.15, 0.2) is 6.10 Å². The zero-order valence-corrected chi connectivity index (χ0v) is 54.8. The zero-order valence-electron chi connectivity index (χ0n) is 54.8. The van der Waals surface area contributed by atoms with E-state index >= 15 is 0 Å². The summed E-state index contributed by atoms with van der Waals surface area (Å²) < 4.78 is 17.0. The number of unbranched alkanes of at least 4 members (excludes halogenated alkanes) is 43. The maximum atomic E-state index is 13.0. The highest BCUT2D eigenvalue weighted by molar-refractivity contribution is 5.71. The first-order valence-electron chi connectivity index (χ1n) is 35.9. The summed E-state index contributed by atoms with van der Waals surface area (Å²) in [6.45, 7) is 6.58. The number of hydrogen-bond donors (Lipinski definition) is 0. The van der Waals surface area contributed by atoms with Crippen molar-refractivity contribution in [1.29, 1.82) is 0 Å². The van der Waals surface area contributed by atoms with Crippen LogP contribution in [0.5, 0.6) is 0 Å². The van der Waals surface area contributed by atoms with Crippen molar-refractivity contribution in [1.82, 2.24) is 0 Å². The van der Waals surface area contributed by atoms with Crippen molar-refractivity contribution in [2.24, 2.45) is 0 Å². The molecule has 0 aliphatic carbocycles. The molecule has 0 spiro atoms. The van der Waals surface area contributed by atoms with Gasteiger partial charge in [0.05, 0.1) is 0 Å². The molecule has 0 amide bonds. The molecule has 0 aliphatic rings. The van der Waals surface area contributed by atoms with E-state index in [4.69, 9.17) is 14.2 Å². The van der Waals surface area contributed by atoms with Crippen molar-refractivity contribution in [2.45, 2.75) is 380 Å². The van der Waals surface area contributed by atoms with E-state index < -0.39 is 6.10 Å². The summed E-state index contributed by atoms with van der Waals surface area (Å²) in [6, 6.07) is 0. The second-order valence-corrected chi connectivity index (χ2v) is 24.1. The van der Waals surface area contributed by atoms with Crippen molar-refractivity contribution in [2.75, 3.05) is 13.2 Å². The first kappa shape index (κ1) is 78.8. The van der Waals surface area contributed by atoms with Crippen LogP contribution < -0.4 is 0 Å². The maximum Gasteiger partial charge on any atom is 0.306 e. The van der Waals surface area contributed by atoms with E-state index in [1.807, 2.05) is 0 Å². The number of carbonyl (C=O) groups excluding carboxylic acids is 3. The average molecular weight is 1150 g/mol. The van der Waals surface area contributed by atoms with Crippen LogP contribution >= 0.6 is 0 Å². The van der Waals surface area contributed by atoms with Gasteiger partial charge in [-0.1, -0.05) is 338 Å². The van der Waals surface area contributed by atoms with Gasteiger partial charge in [-0.3, -0.25) is 14.4 Å². The van der Waals surface area contributed by atoms with Gasteiger partial charge in [0, 0.05) is 19.3 Å². The van der Waals surface area contributed by atoms with Crippen LogP contribution in [0.4, 0.5) is 0 Å². The third kappa shape index (κ3) is 67.6. The molecule has 0 radical (unpaired) electrons. The molecule has 6 nitrogen and oxygen atoms in total. The minimum Gasteiger partial charge on any atom is -0.462 e. The van der Waals surface area contributed by atoms with E-state index in [1.165, 1.54) is 238 Å². The number of esters is 3. The highest BCUT2D eigenvalue weighted by atomic mass is 16.6. The Hall–Kier alpha value is -3.15. The van der Waals surface area contributed by atoms with Gasteiger partial charge in [0.2, 0.25) is 0 Å². The summed E-state index contributed by atoms with van der Waals surface area (Å²) in [4.78, 5) is 38.5. The van der Waals surface area contributed by atoms with Crippen LogP contribution in [0.3, 0.4) is 0 Å². The van der Waals surface area contributed by atoms with Gasteiger partial charge in [0.1, 0.15) is 13.2 Å². The van der Waals surface area contributed by atoms with Crippen molar-refractivity contribution < 1.29 is 28.6 Å². The Morgan fingerprint density at radius 1 is 0.256 bits per heavy atom. The molecule has 0 rings (SSSR count). The Bertz CT molecular complexity index is 1500. The molecule has 0 fully saturated rings. The molecule has 0 saturated heterocycles. The topological polar surface area (TPSA) is 78.9 Å². The Balaban J connectivity index is 4.26. The van der Waals surface area contributed by atoms with Crippen LogP contribution in [-0.2, 0) is 28.6 Å². The molecule has 0 heterocycles. The van der Waals surface area contributed by atoms with Crippen LogP contribution in [0.1, 0.15) is 374 Å². The SMILES string of the molecule is CC/C=C\C/C=C\C/C=C\C/C=C\C/C=C\CCCCCCCCCCCCCCCC(=O)OCC(COC(=O)CCCCCCC/C=C\CCCCCCCC)OC(=O)CCCCCCCCCCCCCCCCCCCCCC. The predicted octanol–water partition coefficient (Wildman–Crippen LogP) is 24.8. The lowest BCUT2D eigenvalue weighted by Crippen LogP contribution is -2.30. The van der Waals surface area contributed by atoms with E-state index in [0.29, 0.717) is 19.3 Å². The number of carbonyl (C=O) groups is 3. The quantitative estimate of drug-likeness (QED) is 0.0261. The molecule has 1 atom stereocenters. The van der Waals surface area contributed by atoms with Crippen LogP contribution in [0.2, 0.25) is 0 Å². The second kappa shape index (κ2) is 70.3. The number of ether oxygens (including phenoxy) is 3. The lowest BCUT2D eigenvalue weighted by molar-refractivity contribution is -0.167. The van der Waals surface area contributed by atoms with Crippen molar-refractivity contribution in [3.8, 4) is 0 Å². The third-order valence-electron chi connectivity index (χ3n) is 15.9. The molecule has 0 bridgehead atoms. The zero-order chi connectivity index (χ0) is 59.2. The fraction of sp³-hybridized carbons (Fsp3) is 0.803. The van der Waals surface area contributed by atoms with Gasteiger partial charge in [-0.25, -0.2) is 0 Å². The lowest BCUT2D eigenvalue weighted by Gasteiger charge is -2.18. The van der Waals surface area contributed by atoms with Gasteiger partial charge < -0.3 is 14.2 Å². The number of hydrogen-bond acceptors (Lipinski definition) is 6. The van der Waals surface area contributed by atoms with Crippen molar-refractivity contribution >= 4 is 17.9 Å². The van der Waals surface area contributed by atoms with E-state index in [-0.39, 0.29) is 31.1 Å². The molecular weight excluding hydrogens is 1010 g/mol. The fourth-order valence-electron chi connectivity index (χ4n) is 10.6. The van der Waals surface area contributed by atoms with E-state index in [2.05, 4.69) is 93.7 Å². The second-order valence-electron chi connectivity index (χ2n) is 24.1. The highest BCUT2D eigenvalue weighted by Gasteiger charge is 2.19. The first-order chi connectivity index (χ1) is 40.5. The molecule has 0 saturated carbocycles. The normalized spacial score (nSPS) is 12.5. The van der Waals surface area contributed by atoms with E-state index in [9.17, 15) is 14.4 Å². The van der Waals surface area contributed by atoms with Crippen LogP contribution in [0.15, 0.2) is 72.9 Å². The highest BCUT2D eigenvalue weighted by Crippen LogP contribution is 2.18. The van der Waals surface area contributed by atoms with Gasteiger partial charge in [-0.2, -0.15) is 0 Å². The number of allylic oxidation sites excluding steroid dienone is 12. The Morgan fingerprint density at radius 2 is 0.476 bits per heavy atom. The molecule has 0 aromatic carbocycles. The van der Waals surface area contributed by atoms with E-state index in [0.717, 1.165) is 96.3 Å². The Labute approximate surface area is 510 Å². The van der Waals surface area contributed by atoms with Crippen LogP contribution in [-0.4, -0.2) is 37.2 Å². The smallest absolute Gasteiger partial charge is 0.306 e. The lowest BCUT2D eigenvalue weighted by atomic mass is 10.0. The molecular formula is C76H136O6. The number of rotatable bonds is 66. The molecule has 1 unspecified atom stereocenters. The predicted molar refractivity (Wildman–Crippen MR) is 358 cm³/mol. The molecule has 476 valence electrons. The van der Waals surface area contributed by atoms with Crippen molar-refractivity contribution in [3.63, 3.8) is 0 Å². The largest absolute Gasteiger partial charge is 0.462 e. The maximum absolute atomic E-state index is 13.0. The van der Waals surface area contributed by atoms with Gasteiger partial charge in [0.25, 0.3) is 0 Å². The summed E-state index contributed by atoms with van der Waals surface area (Å²) in [5.41, 5.74) is 0. The third-order valence-corrected chi connectivity index (χ3v) is 15.9.